The monoisotopic (exact) mass is 447 g/mol. The highest BCUT2D eigenvalue weighted by Gasteiger charge is 2.24. The van der Waals surface area contributed by atoms with Crippen molar-refractivity contribution >= 4 is 11.9 Å². The van der Waals surface area contributed by atoms with E-state index in [0.29, 0.717) is 12.5 Å². The molecule has 1 unspecified atom stereocenters. The van der Waals surface area contributed by atoms with Gasteiger partial charge in [0.05, 0.1) is 6.54 Å². The van der Waals surface area contributed by atoms with E-state index in [1.165, 1.54) is 29.5 Å². The van der Waals surface area contributed by atoms with Gasteiger partial charge in [0.1, 0.15) is 0 Å². The van der Waals surface area contributed by atoms with Crippen LogP contribution >= 0.6 is 0 Å². The Morgan fingerprint density at radius 3 is 2.48 bits per heavy atom. The van der Waals surface area contributed by atoms with E-state index in [1.54, 1.807) is 0 Å². The van der Waals surface area contributed by atoms with Crippen LogP contribution in [0.15, 0.2) is 59.6 Å². The van der Waals surface area contributed by atoms with Crippen molar-refractivity contribution in [2.24, 2.45) is 4.99 Å². The van der Waals surface area contributed by atoms with Crippen LogP contribution in [0.25, 0.3) is 0 Å². The zero-order valence-electron chi connectivity index (χ0n) is 19.8. The summed E-state index contributed by atoms with van der Waals surface area (Å²) in [6, 6.07) is 19.5. The number of fused-ring (bicyclic) bond motifs is 1. The van der Waals surface area contributed by atoms with Crippen LogP contribution in [0.3, 0.4) is 0 Å². The van der Waals surface area contributed by atoms with Gasteiger partial charge in [-0.25, -0.2) is 0 Å². The molecule has 2 aromatic carbocycles. The van der Waals surface area contributed by atoms with Gasteiger partial charge in [-0.15, -0.1) is 0 Å². The average Bonchev–Trinajstić information content (AvgIpc) is 3.47. The number of aliphatic imine (C=N–C) groups is 1. The number of nitrogens with one attached hydrogen (secondary N) is 2. The van der Waals surface area contributed by atoms with Crippen molar-refractivity contribution in [2.75, 3.05) is 26.2 Å². The van der Waals surface area contributed by atoms with Crippen LogP contribution in [0.5, 0.6) is 0 Å². The van der Waals surface area contributed by atoms with Gasteiger partial charge >= 0.3 is 0 Å². The highest BCUT2D eigenvalue weighted by atomic mass is 16.2. The van der Waals surface area contributed by atoms with Gasteiger partial charge < -0.3 is 15.5 Å². The van der Waals surface area contributed by atoms with Crippen LogP contribution in [-0.4, -0.2) is 53.9 Å². The number of hydrogen-bond acceptors (Lipinski definition) is 3. The molecule has 1 atom stereocenters. The third-order valence-corrected chi connectivity index (χ3v) is 6.59. The second-order valence-corrected chi connectivity index (χ2v) is 9.02. The Morgan fingerprint density at radius 1 is 1.03 bits per heavy atom. The topological polar surface area (TPSA) is 60.0 Å². The van der Waals surface area contributed by atoms with Crippen molar-refractivity contribution in [1.29, 1.82) is 0 Å². The molecule has 6 heteroatoms. The fourth-order valence-electron chi connectivity index (χ4n) is 4.78. The highest BCUT2D eigenvalue weighted by Crippen LogP contribution is 2.23. The first-order valence-corrected chi connectivity index (χ1v) is 12.4. The molecule has 0 aliphatic carbocycles. The largest absolute Gasteiger partial charge is 0.357 e. The van der Waals surface area contributed by atoms with Gasteiger partial charge in [-0.3, -0.25) is 14.7 Å². The van der Waals surface area contributed by atoms with Crippen LogP contribution in [0.4, 0.5) is 0 Å². The summed E-state index contributed by atoms with van der Waals surface area (Å²) >= 11 is 0. The minimum atomic E-state index is 0.234. The molecule has 33 heavy (non-hydrogen) atoms. The van der Waals surface area contributed by atoms with E-state index < -0.39 is 0 Å². The van der Waals surface area contributed by atoms with Crippen LogP contribution in [0.2, 0.25) is 0 Å². The van der Waals surface area contributed by atoms with Gasteiger partial charge in [0, 0.05) is 45.2 Å². The lowest BCUT2D eigenvalue weighted by atomic mass is 10.1. The van der Waals surface area contributed by atoms with Crippen molar-refractivity contribution in [3.63, 3.8) is 0 Å². The first-order chi connectivity index (χ1) is 16.2. The molecule has 6 nitrogen and oxygen atoms in total. The Kier molecular flexibility index (Phi) is 8.36. The number of hydrogen-bond donors (Lipinski definition) is 2. The molecule has 4 rings (SSSR count). The molecule has 0 radical (unpaired) electrons. The maximum absolute atomic E-state index is 12.6. The number of carbonyl (C=O) groups excluding carboxylic acids is 1. The zero-order chi connectivity index (χ0) is 22.9. The van der Waals surface area contributed by atoms with Crippen molar-refractivity contribution in [3.8, 4) is 0 Å². The summed E-state index contributed by atoms with van der Waals surface area (Å²) in [5, 5.41) is 6.77. The summed E-state index contributed by atoms with van der Waals surface area (Å²) in [6.45, 7) is 8.08. The lowest BCUT2D eigenvalue weighted by Gasteiger charge is -2.23. The fraction of sp³-hybridized carbons (Fsp3) is 0.481. The van der Waals surface area contributed by atoms with Gasteiger partial charge in [-0.2, -0.15) is 0 Å². The second-order valence-electron chi connectivity index (χ2n) is 9.02. The molecule has 176 valence electrons. The maximum Gasteiger partial charge on any atom is 0.223 e. The van der Waals surface area contributed by atoms with Crippen LogP contribution in [-0.2, 0) is 24.4 Å². The van der Waals surface area contributed by atoms with Gasteiger partial charge in [-0.1, -0.05) is 54.6 Å². The quantitative estimate of drug-likeness (QED) is 0.351. The third-order valence-electron chi connectivity index (χ3n) is 6.59. The molecule has 1 fully saturated rings. The molecular formula is C27H37N5O. The molecule has 2 N–H and O–H groups in total. The van der Waals surface area contributed by atoms with E-state index in [0.717, 1.165) is 58.2 Å². The third kappa shape index (κ3) is 6.57. The second kappa shape index (κ2) is 11.8. The standard InChI is InChI=1S/C27H37N5O/c1-2-28-27(30-18-25-14-9-17-31(25)19-22-10-4-3-5-11-22)29-16-8-15-26(33)32-20-23-12-6-7-13-24(23)21-32/h3-7,10-13,25H,2,8-9,14-21H2,1H3,(H2,28,29,30). The number of rotatable bonds is 9. The number of guanidine groups is 1. The molecule has 0 spiro atoms. The number of likely N-dealkylation sites (tertiary alicyclic amines) is 1. The fourth-order valence-corrected chi connectivity index (χ4v) is 4.78. The summed E-state index contributed by atoms with van der Waals surface area (Å²) in [6.07, 6.45) is 3.80. The van der Waals surface area contributed by atoms with Gasteiger partial charge in [0.15, 0.2) is 5.96 Å². The Bertz CT molecular complexity index is 904. The number of benzene rings is 2. The van der Waals surface area contributed by atoms with Crippen LogP contribution in [0.1, 0.15) is 49.3 Å². The average molecular weight is 448 g/mol. The lowest BCUT2D eigenvalue weighted by molar-refractivity contribution is -0.131. The minimum Gasteiger partial charge on any atom is -0.357 e. The summed E-state index contributed by atoms with van der Waals surface area (Å²) in [5.41, 5.74) is 3.92. The van der Waals surface area contributed by atoms with Crippen molar-refractivity contribution in [3.05, 3.63) is 71.3 Å². The first kappa shape index (κ1) is 23.3. The van der Waals surface area contributed by atoms with Crippen molar-refractivity contribution < 1.29 is 4.79 Å². The normalized spacial score (nSPS) is 18.4. The summed E-state index contributed by atoms with van der Waals surface area (Å²) < 4.78 is 0. The van der Waals surface area contributed by atoms with E-state index in [2.05, 4.69) is 64.9 Å². The molecule has 0 saturated carbocycles. The van der Waals surface area contributed by atoms with Gasteiger partial charge in [0.25, 0.3) is 0 Å². The molecular weight excluding hydrogens is 410 g/mol. The SMILES string of the molecule is CCNC(=NCC1CCCN1Cc1ccccc1)NCCCC(=O)N1Cc2ccccc2C1. The minimum absolute atomic E-state index is 0.234. The smallest absolute Gasteiger partial charge is 0.223 e. The van der Waals surface area contributed by atoms with E-state index in [1.807, 2.05) is 17.0 Å². The zero-order valence-corrected chi connectivity index (χ0v) is 19.8. The Morgan fingerprint density at radius 2 is 1.76 bits per heavy atom. The molecule has 2 aliphatic heterocycles. The number of nitrogens with zero attached hydrogens (tertiary/aromatic N) is 3. The van der Waals surface area contributed by atoms with E-state index >= 15 is 0 Å². The lowest BCUT2D eigenvalue weighted by Crippen LogP contribution is -2.39. The Balaban J connectivity index is 1.20. The Hall–Kier alpha value is -2.86. The van der Waals surface area contributed by atoms with E-state index in [-0.39, 0.29) is 5.91 Å². The molecule has 2 heterocycles. The molecule has 1 amide bonds. The predicted octanol–water partition coefficient (Wildman–Crippen LogP) is 3.53. The van der Waals surface area contributed by atoms with E-state index in [9.17, 15) is 4.79 Å². The number of carbonyl (C=O) groups is 1. The van der Waals surface area contributed by atoms with Gasteiger partial charge in [-0.05, 0) is 49.4 Å². The van der Waals surface area contributed by atoms with Crippen molar-refractivity contribution in [2.45, 2.75) is 58.3 Å². The predicted molar refractivity (Wildman–Crippen MR) is 134 cm³/mol. The molecule has 2 aromatic rings. The summed E-state index contributed by atoms with van der Waals surface area (Å²) in [4.78, 5) is 22.0. The first-order valence-electron chi connectivity index (χ1n) is 12.4. The van der Waals surface area contributed by atoms with Crippen molar-refractivity contribution in [1.82, 2.24) is 20.4 Å². The molecule has 2 aliphatic rings. The summed E-state index contributed by atoms with van der Waals surface area (Å²) in [5.74, 6) is 1.09. The number of amides is 1. The van der Waals surface area contributed by atoms with E-state index in [4.69, 9.17) is 4.99 Å². The molecule has 1 saturated heterocycles. The molecule has 0 bridgehead atoms. The van der Waals surface area contributed by atoms with Gasteiger partial charge in [0.2, 0.25) is 5.91 Å². The Labute approximate surface area is 198 Å². The van der Waals surface area contributed by atoms with Crippen LogP contribution < -0.4 is 10.6 Å². The summed E-state index contributed by atoms with van der Waals surface area (Å²) in [7, 11) is 0. The molecule has 0 aromatic heterocycles. The highest BCUT2D eigenvalue weighted by molar-refractivity contribution is 5.80. The maximum atomic E-state index is 12.6. The van der Waals surface area contributed by atoms with Crippen LogP contribution in [0, 0.1) is 0 Å².